The predicted octanol–water partition coefficient (Wildman–Crippen LogP) is 1.10. The third-order valence-electron chi connectivity index (χ3n) is 6.62. The normalized spacial score (nSPS) is 32.5. The molecule has 27 heavy (non-hydrogen) atoms. The summed E-state index contributed by atoms with van der Waals surface area (Å²) < 4.78 is 0. The van der Waals surface area contributed by atoms with Crippen molar-refractivity contribution in [3.8, 4) is 0 Å². The molecule has 4 fully saturated rings. The molecule has 0 bridgehead atoms. The first kappa shape index (κ1) is 19.4. The number of carbonyl (C=O) groups excluding carboxylic acids is 3. The van der Waals surface area contributed by atoms with Gasteiger partial charge in [0.2, 0.25) is 17.7 Å². The molecule has 3 atom stereocenters. The van der Waals surface area contributed by atoms with Crippen molar-refractivity contribution < 1.29 is 14.4 Å². The highest BCUT2D eigenvalue weighted by Crippen LogP contribution is 2.44. The van der Waals surface area contributed by atoms with E-state index in [0.717, 1.165) is 30.2 Å². The van der Waals surface area contributed by atoms with E-state index in [1.807, 2.05) is 16.7 Å². The Morgan fingerprint density at radius 1 is 1.07 bits per heavy atom. The summed E-state index contributed by atoms with van der Waals surface area (Å²) in [6.45, 7) is 1.35. The predicted molar refractivity (Wildman–Crippen MR) is 109 cm³/mol. The Balaban J connectivity index is 1.42. The van der Waals surface area contributed by atoms with Crippen molar-refractivity contribution in [1.82, 2.24) is 15.5 Å². The van der Waals surface area contributed by atoms with Crippen LogP contribution in [0.3, 0.4) is 0 Å². The van der Waals surface area contributed by atoms with Crippen LogP contribution in [0.15, 0.2) is 0 Å². The lowest BCUT2D eigenvalue weighted by Crippen LogP contribution is -2.57. The first-order chi connectivity index (χ1) is 13.0. The molecule has 1 unspecified atom stereocenters. The smallest absolute Gasteiger partial charge is 0.236 e. The Morgan fingerprint density at radius 3 is 2.41 bits per heavy atom. The Hall–Kier alpha value is -0.890. The highest BCUT2D eigenvalue weighted by molar-refractivity contribution is 8.07. The first-order valence-electron chi connectivity index (χ1n) is 10.1. The number of rotatable bonds is 5. The number of hydrogen-bond acceptors (Lipinski definition) is 5. The van der Waals surface area contributed by atoms with Crippen LogP contribution in [0.25, 0.3) is 0 Å². The monoisotopic (exact) mass is 411 g/mol. The van der Waals surface area contributed by atoms with Gasteiger partial charge in [0.15, 0.2) is 0 Å². The van der Waals surface area contributed by atoms with E-state index in [9.17, 15) is 14.4 Å². The maximum Gasteiger partial charge on any atom is 0.236 e. The summed E-state index contributed by atoms with van der Waals surface area (Å²) in [7, 11) is 1.60. The maximum absolute atomic E-state index is 13.0. The van der Waals surface area contributed by atoms with Crippen LogP contribution in [0.1, 0.15) is 32.1 Å². The molecule has 0 aromatic carbocycles. The van der Waals surface area contributed by atoms with Gasteiger partial charge >= 0.3 is 0 Å². The minimum atomic E-state index is -0.893. The summed E-state index contributed by atoms with van der Waals surface area (Å²) in [5.41, 5.74) is -0.893. The van der Waals surface area contributed by atoms with Crippen LogP contribution in [0.2, 0.25) is 0 Å². The van der Waals surface area contributed by atoms with Gasteiger partial charge in [-0.15, -0.1) is 11.8 Å². The minimum absolute atomic E-state index is 0.0164. The van der Waals surface area contributed by atoms with E-state index in [-0.39, 0.29) is 29.0 Å². The van der Waals surface area contributed by atoms with E-state index in [1.165, 1.54) is 12.8 Å². The Labute approximate surface area is 169 Å². The van der Waals surface area contributed by atoms with Gasteiger partial charge in [0.05, 0.1) is 11.3 Å². The average Bonchev–Trinajstić information content (AvgIpc) is 3.41. The molecule has 3 amide bonds. The highest BCUT2D eigenvalue weighted by atomic mass is 32.2. The summed E-state index contributed by atoms with van der Waals surface area (Å²) in [5.74, 6) is 3.93. The molecule has 2 N–H and O–H groups in total. The van der Waals surface area contributed by atoms with Crippen molar-refractivity contribution in [3.05, 3.63) is 0 Å². The van der Waals surface area contributed by atoms with Gasteiger partial charge in [0.25, 0.3) is 0 Å². The second-order valence-corrected chi connectivity index (χ2v) is 10.7. The second-order valence-electron chi connectivity index (χ2n) is 8.27. The Kier molecular flexibility index (Phi) is 5.65. The Bertz CT molecular complexity index is 615. The van der Waals surface area contributed by atoms with E-state index in [2.05, 4.69) is 10.6 Å². The van der Waals surface area contributed by atoms with Crippen LogP contribution in [0.4, 0.5) is 0 Å². The molecule has 2 aliphatic carbocycles. The van der Waals surface area contributed by atoms with Crippen LogP contribution in [-0.4, -0.2) is 71.3 Å². The number of nitrogens with one attached hydrogen (secondary N) is 2. The molecule has 2 saturated heterocycles. The fourth-order valence-electron chi connectivity index (χ4n) is 4.63. The van der Waals surface area contributed by atoms with Gasteiger partial charge in [0.1, 0.15) is 5.41 Å². The van der Waals surface area contributed by atoms with Crippen molar-refractivity contribution in [1.29, 1.82) is 0 Å². The van der Waals surface area contributed by atoms with Crippen LogP contribution in [-0.2, 0) is 14.4 Å². The maximum atomic E-state index is 13.0. The summed E-state index contributed by atoms with van der Waals surface area (Å²) in [6, 6.07) is -0.0164. The minimum Gasteiger partial charge on any atom is -0.358 e. The molecule has 6 nitrogen and oxygen atoms in total. The van der Waals surface area contributed by atoms with Gasteiger partial charge in [-0.25, -0.2) is 0 Å². The number of carbonyl (C=O) groups is 3. The number of hydrogen-bond donors (Lipinski definition) is 2. The average molecular weight is 412 g/mol. The third kappa shape index (κ3) is 3.71. The molecule has 8 heteroatoms. The molecule has 0 aromatic heterocycles. The van der Waals surface area contributed by atoms with Crippen LogP contribution >= 0.6 is 23.5 Å². The molecular formula is C19H29N3O3S2. The lowest BCUT2D eigenvalue weighted by atomic mass is 9.67. The molecule has 150 valence electrons. The van der Waals surface area contributed by atoms with Gasteiger partial charge in [-0.3, -0.25) is 14.4 Å². The SMILES string of the molecule is CNC(=O)C1(C(=O)N[C@@H]2CN(C(=O)C3CSCCS3)C[C@H]2C2CC2)CCC1. The van der Waals surface area contributed by atoms with Crippen molar-refractivity contribution in [2.24, 2.45) is 17.3 Å². The molecule has 2 aliphatic heterocycles. The number of amides is 3. The second kappa shape index (κ2) is 7.85. The largest absolute Gasteiger partial charge is 0.358 e. The quantitative estimate of drug-likeness (QED) is 0.663. The fourth-order valence-corrected chi connectivity index (χ4v) is 7.26. The molecule has 4 rings (SSSR count). The Morgan fingerprint density at radius 2 is 1.85 bits per heavy atom. The number of nitrogens with zero attached hydrogens (tertiary/aromatic N) is 1. The van der Waals surface area contributed by atoms with Crippen molar-refractivity contribution in [2.45, 2.75) is 43.4 Å². The molecule has 0 aromatic rings. The molecule has 2 heterocycles. The van der Waals surface area contributed by atoms with Gasteiger partial charge < -0.3 is 15.5 Å². The molecular weight excluding hydrogens is 382 g/mol. The summed E-state index contributed by atoms with van der Waals surface area (Å²) in [5, 5.41) is 5.91. The zero-order chi connectivity index (χ0) is 19.0. The van der Waals surface area contributed by atoms with Crippen LogP contribution in [0, 0.1) is 17.3 Å². The van der Waals surface area contributed by atoms with Gasteiger partial charge in [0, 0.05) is 43.3 Å². The molecule has 0 radical (unpaired) electrons. The van der Waals surface area contributed by atoms with E-state index in [4.69, 9.17) is 0 Å². The fraction of sp³-hybridized carbons (Fsp3) is 0.842. The molecule has 2 saturated carbocycles. The number of likely N-dealkylation sites (tertiary alicyclic amines) is 1. The van der Waals surface area contributed by atoms with Gasteiger partial charge in [-0.2, -0.15) is 11.8 Å². The van der Waals surface area contributed by atoms with Crippen molar-refractivity contribution in [3.63, 3.8) is 0 Å². The van der Waals surface area contributed by atoms with Crippen molar-refractivity contribution in [2.75, 3.05) is 37.4 Å². The van der Waals surface area contributed by atoms with Gasteiger partial charge in [-0.05, 0) is 31.6 Å². The summed E-state index contributed by atoms with van der Waals surface area (Å²) >= 11 is 3.63. The zero-order valence-corrected chi connectivity index (χ0v) is 17.5. The standard InChI is InChI=1S/C19H29N3O3S2/c1-20-17(24)19(5-2-6-19)18(25)21-14-10-22(9-13(14)12-3-4-12)16(23)15-11-26-7-8-27-15/h12-15H,2-11H2,1H3,(H,20,24)(H,21,25)/t13-,14+,15?/m0/s1. The summed E-state index contributed by atoms with van der Waals surface area (Å²) in [6.07, 6.45) is 4.54. The van der Waals surface area contributed by atoms with E-state index in [0.29, 0.717) is 31.2 Å². The molecule has 4 aliphatic rings. The summed E-state index contributed by atoms with van der Waals surface area (Å²) in [4.78, 5) is 40.2. The number of thioether (sulfide) groups is 2. The lowest BCUT2D eigenvalue weighted by molar-refractivity contribution is -0.150. The third-order valence-corrected chi connectivity index (χ3v) is 9.36. The van der Waals surface area contributed by atoms with E-state index >= 15 is 0 Å². The lowest BCUT2D eigenvalue weighted by Gasteiger charge is -2.39. The van der Waals surface area contributed by atoms with E-state index in [1.54, 1.807) is 18.8 Å². The van der Waals surface area contributed by atoms with Crippen LogP contribution < -0.4 is 10.6 Å². The van der Waals surface area contributed by atoms with E-state index < -0.39 is 5.41 Å². The zero-order valence-electron chi connectivity index (χ0n) is 15.9. The van der Waals surface area contributed by atoms with Crippen molar-refractivity contribution >= 4 is 41.2 Å². The highest BCUT2D eigenvalue weighted by Gasteiger charge is 2.53. The topological polar surface area (TPSA) is 78.5 Å². The van der Waals surface area contributed by atoms with Crippen LogP contribution in [0.5, 0.6) is 0 Å². The van der Waals surface area contributed by atoms with Gasteiger partial charge in [-0.1, -0.05) is 6.42 Å². The first-order valence-corrected chi connectivity index (χ1v) is 12.3. The molecule has 0 spiro atoms.